The highest BCUT2D eigenvalue weighted by molar-refractivity contribution is 5.89. The predicted octanol–water partition coefficient (Wildman–Crippen LogP) is 3.10. The zero-order chi connectivity index (χ0) is 21.6. The largest absolute Gasteiger partial charge is 0.479 e. The third-order valence-corrected chi connectivity index (χ3v) is 5.55. The highest BCUT2D eigenvalue weighted by Crippen LogP contribution is 2.33. The number of nitrogens with one attached hydrogen (secondary N) is 1. The molecule has 4 aromatic rings. The first kappa shape index (κ1) is 19.6. The van der Waals surface area contributed by atoms with E-state index < -0.39 is 12.0 Å². The number of benzene rings is 1. The number of anilines is 1. The van der Waals surface area contributed by atoms with E-state index in [1.165, 1.54) is 7.11 Å². The van der Waals surface area contributed by atoms with Gasteiger partial charge in [-0.15, -0.1) is 5.10 Å². The molecule has 1 aliphatic heterocycles. The van der Waals surface area contributed by atoms with Crippen LogP contribution in [0.4, 0.5) is 14.7 Å². The lowest BCUT2D eigenvalue weighted by Gasteiger charge is -2.36. The minimum absolute atomic E-state index is 0.102. The maximum absolute atomic E-state index is 14.4. The summed E-state index contributed by atoms with van der Waals surface area (Å²) in [5.74, 6) is -2.48. The Morgan fingerprint density at radius 3 is 2.74 bits per heavy atom. The molecule has 0 saturated carbocycles. The van der Waals surface area contributed by atoms with E-state index in [0.29, 0.717) is 24.4 Å². The Bertz CT molecular complexity index is 1260. The normalized spacial score (nSPS) is 19.0. The number of rotatable bonds is 4. The third kappa shape index (κ3) is 3.52. The number of fused-ring (bicyclic) bond motifs is 2. The fourth-order valence-electron chi connectivity index (χ4n) is 4.00. The Hall–Kier alpha value is -3.40. The molecule has 3 aromatic heterocycles. The number of halogens is 2. The molecule has 31 heavy (non-hydrogen) atoms. The molecule has 1 atom stereocenters. The molecular formula is C21H21F2N7O. The Balaban J connectivity index is 1.53. The van der Waals surface area contributed by atoms with Gasteiger partial charge in [-0.05, 0) is 37.2 Å². The van der Waals surface area contributed by atoms with Crippen LogP contribution in [0.2, 0.25) is 0 Å². The molecule has 1 saturated heterocycles. The molecular weight excluding hydrogens is 404 g/mol. The van der Waals surface area contributed by atoms with E-state index in [-0.39, 0.29) is 12.5 Å². The number of ether oxygens (including phenoxy) is 1. The maximum Gasteiger partial charge on any atom is 0.280 e. The zero-order valence-corrected chi connectivity index (χ0v) is 17.1. The van der Waals surface area contributed by atoms with Crippen LogP contribution in [0.1, 0.15) is 6.42 Å². The lowest BCUT2D eigenvalue weighted by molar-refractivity contribution is -0.0675. The van der Waals surface area contributed by atoms with Gasteiger partial charge in [-0.2, -0.15) is 4.98 Å². The van der Waals surface area contributed by atoms with Gasteiger partial charge in [0.1, 0.15) is 5.52 Å². The first-order valence-electron chi connectivity index (χ1n) is 9.92. The predicted molar refractivity (Wildman–Crippen MR) is 113 cm³/mol. The second-order valence-corrected chi connectivity index (χ2v) is 7.71. The van der Waals surface area contributed by atoms with Crippen molar-refractivity contribution in [1.82, 2.24) is 29.5 Å². The summed E-state index contributed by atoms with van der Waals surface area (Å²) in [6.07, 6.45) is 5.34. The molecule has 1 fully saturated rings. The summed E-state index contributed by atoms with van der Waals surface area (Å²) in [6, 6.07) is 6.62. The Labute approximate surface area is 176 Å². The van der Waals surface area contributed by atoms with E-state index >= 15 is 0 Å². The first-order valence-corrected chi connectivity index (χ1v) is 9.92. The highest BCUT2D eigenvalue weighted by Gasteiger charge is 2.44. The molecule has 8 nitrogen and oxygen atoms in total. The average Bonchev–Trinajstić information content (AvgIpc) is 3.18. The van der Waals surface area contributed by atoms with Gasteiger partial charge >= 0.3 is 0 Å². The molecule has 1 N–H and O–H groups in total. The molecule has 0 bridgehead atoms. The van der Waals surface area contributed by atoms with Crippen molar-refractivity contribution in [2.45, 2.75) is 18.4 Å². The number of likely N-dealkylation sites (tertiary alicyclic amines) is 1. The topological polar surface area (TPSA) is 80.5 Å². The summed E-state index contributed by atoms with van der Waals surface area (Å²) in [5.41, 5.74) is 3.96. The van der Waals surface area contributed by atoms with Crippen LogP contribution in [0.15, 0.2) is 42.9 Å². The summed E-state index contributed by atoms with van der Waals surface area (Å²) in [7, 11) is 3.19. The molecule has 0 radical (unpaired) electrons. The summed E-state index contributed by atoms with van der Waals surface area (Å²) in [4.78, 5) is 14.6. The van der Waals surface area contributed by atoms with Crippen LogP contribution in [-0.4, -0.2) is 68.7 Å². The van der Waals surface area contributed by atoms with Gasteiger partial charge in [0.05, 0.1) is 30.7 Å². The fraction of sp³-hybridized carbons (Fsp3) is 0.333. The molecule has 0 spiro atoms. The number of alkyl halides is 2. The monoisotopic (exact) mass is 425 g/mol. The smallest absolute Gasteiger partial charge is 0.280 e. The van der Waals surface area contributed by atoms with E-state index in [1.807, 2.05) is 24.3 Å². The van der Waals surface area contributed by atoms with Crippen LogP contribution in [0.5, 0.6) is 5.88 Å². The summed E-state index contributed by atoms with van der Waals surface area (Å²) in [5, 5.41) is 7.22. The van der Waals surface area contributed by atoms with Gasteiger partial charge in [0.15, 0.2) is 0 Å². The molecule has 0 aliphatic carbocycles. The number of nitrogens with zero attached hydrogens (tertiary/aromatic N) is 6. The minimum atomic E-state index is -2.88. The van der Waals surface area contributed by atoms with Crippen molar-refractivity contribution in [2.24, 2.45) is 0 Å². The molecule has 1 aliphatic rings. The second-order valence-electron chi connectivity index (χ2n) is 7.71. The zero-order valence-electron chi connectivity index (χ0n) is 17.1. The highest BCUT2D eigenvalue weighted by atomic mass is 19.3. The molecule has 1 aromatic carbocycles. The van der Waals surface area contributed by atoms with E-state index in [1.54, 1.807) is 35.1 Å². The maximum atomic E-state index is 14.4. The summed E-state index contributed by atoms with van der Waals surface area (Å²) < 4.78 is 36.0. The first-order chi connectivity index (χ1) is 14.9. The van der Waals surface area contributed by atoms with Gasteiger partial charge in [0, 0.05) is 30.7 Å². The average molecular weight is 425 g/mol. The molecule has 1 unspecified atom stereocenters. The molecule has 5 rings (SSSR count). The second kappa shape index (κ2) is 7.38. The standard InChI is InChI=1S/C21H21F2N7O/c1-29-9-6-17(21(22,23)12-29)26-20-27-19(31-2)18-14(5-10-30(18)28-20)13-3-4-15-16(11-13)25-8-7-24-15/h3-5,7-8,10-11,17H,6,9,12H2,1-2H3,(H,26,28). The minimum Gasteiger partial charge on any atom is -0.479 e. The third-order valence-electron chi connectivity index (χ3n) is 5.55. The molecule has 10 heteroatoms. The number of hydrogen-bond donors (Lipinski definition) is 1. The molecule has 0 amide bonds. The van der Waals surface area contributed by atoms with Crippen LogP contribution in [0, 0.1) is 0 Å². The van der Waals surface area contributed by atoms with Crippen molar-refractivity contribution < 1.29 is 13.5 Å². The Morgan fingerprint density at radius 2 is 1.97 bits per heavy atom. The van der Waals surface area contributed by atoms with Crippen molar-refractivity contribution in [2.75, 3.05) is 32.6 Å². The van der Waals surface area contributed by atoms with Gasteiger partial charge < -0.3 is 15.0 Å². The lowest BCUT2D eigenvalue weighted by Crippen LogP contribution is -2.53. The van der Waals surface area contributed by atoms with Crippen LogP contribution in [0.3, 0.4) is 0 Å². The van der Waals surface area contributed by atoms with Crippen LogP contribution in [-0.2, 0) is 0 Å². The van der Waals surface area contributed by atoms with E-state index in [4.69, 9.17) is 4.74 Å². The Kier molecular flexibility index (Phi) is 4.66. The van der Waals surface area contributed by atoms with E-state index in [2.05, 4.69) is 25.4 Å². The number of methoxy groups -OCH3 is 1. The lowest BCUT2D eigenvalue weighted by atomic mass is 10.0. The van der Waals surface area contributed by atoms with Crippen molar-refractivity contribution in [1.29, 1.82) is 0 Å². The van der Waals surface area contributed by atoms with E-state index in [0.717, 1.165) is 22.2 Å². The van der Waals surface area contributed by atoms with Crippen LogP contribution in [0.25, 0.3) is 27.7 Å². The van der Waals surface area contributed by atoms with Crippen LogP contribution >= 0.6 is 0 Å². The number of aromatic nitrogens is 5. The van der Waals surface area contributed by atoms with Gasteiger partial charge in [0.2, 0.25) is 11.8 Å². The van der Waals surface area contributed by atoms with Crippen molar-refractivity contribution in [3.05, 3.63) is 42.9 Å². The number of hydrogen-bond acceptors (Lipinski definition) is 7. The SMILES string of the molecule is COc1nc(NC2CCN(C)CC2(F)F)nn2ccc(-c3ccc4nccnc4c3)c12. The molecule has 4 heterocycles. The summed E-state index contributed by atoms with van der Waals surface area (Å²) in [6.45, 7) is 0.272. The van der Waals surface area contributed by atoms with Crippen molar-refractivity contribution >= 4 is 22.5 Å². The van der Waals surface area contributed by atoms with Gasteiger partial charge in [-0.1, -0.05) is 6.07 Å². The fourth-order valence-corrected chi connectivity index (χ4v) is 4.00. The van der Waals surface area contributed by atoms with Gasteiger partial charge in [-0.3, -0.25) is 9.97 Å². The summed E-state index contributed by atoms with van der Waals surface area (Å²) >= 11 is 0. The number of piperidine rings is 1. The van der Waals surface area contributed by atoms with Gasteiger partial charge in [0.25, 0.3) is 5.92 Å². The van der Waals surface area contributed by atoms with Crippen LogP contribution < -0.4 is 10.1 Å². The molecule has 160 valence electrons. The Morgan fingerprint density at radius 1 is 1.16 bits per heavy atom. The van der Waals surface area contributed by atoms with Gasteiger partial charge in [-0.25, -0.2) is 13.3 Å². The van der Waals surface area contributed by atoms with Crippen molar-refractivity contribution in [3.63, 3.8) is 0 Å². The van der Waals surface area contributed by atoms with Crippen molar-refractivity contribution in [3.8, 4) is 17.0 Å². The van der Waals surface area contributed by atoms with E-state index in [9.17, 15) is 8.78 Å². The quantitative estimate of drug-likeness (QED) is 0.538.